The van der Waals surface area contributed by atoms with E-state index in [2.05, 4.69) is 5.32 Å². The molecule has 0 fully saturated rings. The first-order valence-electron chi connectivity index (χ1n) is 8.95. The van der Waals surface area contributed by atoms with Gasteiger partial charge in [-0.15, -0.1) is 0 Å². The van der Waals surface area contributed by atoms with Crippen molar-refractivity contribution in [2.75, 3.05) is 6.61 Å². The normalized spacial score (nSPS) is 17.8. The van der Waals surface area contributed by atoms with Crippen LogP contribution < -0.4 is 15.2 Å². The Kier molecular flexibility index (Phi) is 6.09. The molecule has 0 spiro atoms. The van der Waals surface area contributed by atoms with E-state index in [1.165, 1.54) is 11.1 Å². The van der Waals surface area contributed by atoms with E-state index in [9.17, 15) is 14.7 Å². The maximum Gasteiger partial charge on any atom is 0.223 e. The summed E-state index contributed by atoms with van der Waals surface area (Å²) in [7, 11) is 0. The number of fused-ring (bicyclic) bond motifs is 1. The number of hydrogen-bond donors (Lipinski definition) is 1. The molecule has 0 radical (unpaired) electrons. The van der Waals surface area contributed by atoms with Gasteiger partial charge < -0.3 is 20.0 Å². The molecule has 1 aromatic carbocycles. The zero-order valence-corrected chi connectivity index (χ0v) is 15.8. The molecule has 0 unspecified atom stereocenters. The summed E-state index contributed by atoms with van der Waals surface area (Å²) in [4.78, 5) is 23.0. The number of aliphatic carboxylic acids is 1. The summed E-state index contributed by atoms with van der Waals surface area (Å²) in [6, 6.07) is 2.05. The fourth-order valence-corrected chi connectivity index (χ4v) is 3.67. The number of rotatable bonds is 6. The molecule has 1 N–H and O–H groups in total. The molecule has 0 saturated heterocycles. The van der Waals surface area contributed by atoms with Crippen molar-refractivity contribution >= 4 is 11.9 Å². The number of carbonyl (C=O) groups is 2. The summed E-state index contributed by atoms with van der Waals surface area (Å²) >= 11 is 0. The zero-order chi connectivity index (χ0) is 18.7. The highest BCUT2D eigenvalue weighted by atomic mass is 16.5. The van der Waals surface area contributed by atoms with Crippen molar-refractivity contribution < 1.29 is 19.4 Å². The second-order valence-electron chi connectivity index (χ2n) is 7.39. The zero-order valence-electron chi connectivity index (χ0n) is 15.8. The largest absolute Gasteiger partial charge is 0.546 e. The maximum atomic E-state index is 12.4. The number of nitrogens with one attached hydrogen (secondary N) is 1. The van der Waals surface area contributed by atoms with Crippen LogP contribution in [0.1, 0.15) is 49.4 Å². The first-order chi connectivity index (χ1) is 11.7. The fraction of sp³-hybridized carbons (Fsp3) is 0.600. The number of hydrogen-bond acceptors (Lipinski definition) is 4. The predicted molar refractivity (Wildman–Crippen MR) is 94.4 cm³/mol. The van der Waals surface area contributed by atoms with Crippen molar-refractivity contribution in [3.63, 3.8) is 0 Å². The standard InChI is InChI=1S/C20H29NO4/c1-11(2)21-20(24)13(4)15-6-7-16-12(3)8-18(25-10-19(22)23)14(5)17(16)9-15/h8,11,13,15H,6-7,9-10H2,1-5H3,(H,21,24)(H,22,23)/p-1/t13-,15+/m0/s1. The van der Waals surface area contributed by atoms with Crippen LogP contribution in [0.15, 0.2) is 6.07 Å². The molecule has 0 aromatic heterocycles. The lowest BCUT2D eigenvalue weighted by Crippen LogP contribution is -2.39. The minimum atomic E-state index is -1.23. The molecule has 0 heterocycles. The van der Waals surface area contributed by atoms with Gasteiger partial charge in [0.05, 0.1) is 5.97 Å². The van der Waals surface area contributed by atoms with E-state index in [1.807, 2.05) is 40.7 Å². The molecular weight excluding hydrogens is 318 g/mol. The van der Waals surface area contributed by atoms with Crippen molar-refractivity contribution in [1.82, 2.24) is 5.32 Å². The van der Waals surface area contributed by atoms with Crippen LogP contribution in [0, 0.1) is 25.7 Å². The van der Waals surface area contributed by atoms with Crippen LogP contribution in [-0.4, -0.2) is 24.5 Å². The monoisotopic (exact) mass is 346 g/mol. The molecule has 2 rings (SSSR count). The van der Waals surface area contributed by atoms with Gasteiger partial charge in [-0.3, -0.25) is 4.79 Å². The molecular formula is C20H28NO4-. The van der Waals surface area contributed by atoms with E-state index >= 15 is 0 Å². The van der Waals surface area contributed by atoms with Gasteiger partial charge in [0, 0.05) is 12.0 Å². The lowest BCUT2D eigenvalue weighted by atomic mass is 9.74. The lowest BCUT2D eigenvalue weighted by Gasteiger charge is -2.32. The quantitative estimate of drug-likeness (QED) is 0.850. The number of carboxylic acid groups (broad SMARTS) is 1. The second-order valence-corrected chi connectivity index (χ2v) is 7.39. The molecule has 25 heavy (non-hydrogen) atoms. The minimum absolute atomic E-state index is 0.0527. The fourth-order valence-electron chi connectivity index (χ4n) is 3.67. The molecule has 5 heteroatoms. The number of amides is 1. The van der Waals surface area contributed by atoms with Gasteiger partial charge in [-0.05, 0) is 81.2 Å². The van der Waals surface area contributed by atoms with Crippen LogP contribution in [0.4, 0.5) is 0 Å². The van der Waals surface area contributed by atoms with Crippen LogP contribution in [0.2, 0.25) is 0 Å². The van der Waals surface area contributed by atoms with Crippen LogP contribution in [0.3, 0.4) is 0 Å². The van der Waals surface area contributed by atoms with Gasteiger partial charge in [-0.2, -0.15) is 0 Å². The predicted octanol–water partition coefficient (Wildman–Crippen LogP) is 1.70. The number of ether oxygens (including phenoxy) is 1. The highest BCUT2D eigenvalue weighted by molar-refractivity contribution is 5.79. The summed E-state index contributed by atoms with van der Waals surface area (Å²) in [6.45, 7) is 9.47. The van der Waals surface area contributed by atoms with Gasteiger partial charge in [0.1, 0.15) is 12.4 Å². The molecule has 0 bridgehead atoms. The van der Waals surface area contributed by atoms with Crippen molar-refractivity contribution in [2.45, 2.75) is 59.9 Å². The van der Waals surface area contributed by atoms with Gasteiger partial charge in [-0.25, -0.2) is 0 Å². The molecule has 0 aliphatic heterocycles. The Hall–Kier alpha value is -2.04. The minimum Gasteiger partial charge on any atom is -0.546 e. The summed E-state index contributed by atoms with van der Waals surface area (Å²) in [5.41, 5.74) is 4.61. The Bertz CT molecular complexity index is 666. The van der Waals surface area contributed by atoms with Crippen molar-refractivity contribution in [2.24, 2.45) is 11.8 Å². The summed E-state index contributed by atoms with van der Waals surface area (Å²) < 4.78 is 5.40. The van der Waals surface area contributed by atoms with E-state index in [1.54, 1.807) is 0 Å². The molecule has 138 valence electrons. The van der Waals surface area contributed by atoms with Gasteiger partial charge in [0.15, 0.2) is 0 Å². The lowest BCUT2D eigenvalue weighted by molar-refractivity contribution is -0.307. The Balaban J connectivity index is 2.23. The SMILES string of the molecule is Cc1cc(OCC(=O)[O-])c(C)c2c1CC[C@@H]([C@H](C)C(=O)NC(C)C)C2. The number of benzene rings is 1. The second kappa shape index (κ2) is 7.89. The molecule has 1 aromatic rings. The Morgan fingerprint density at radius 1 is 1.28 bits per heavy atom. The first kappa shape index (κ1) is 19.3. The summed E-state index contributed by atoms with van der Waals surface area (Å²) in [6.07, 6.45) is 2.74. The molecule has 1 aliphatic carbocycles. The Morgan fingerprint density at radius 3 is 2.56 bits per heavy atom. The van der Waals surface area contributed by atoms with Crippen molar-refractivity contribution in [3.05, 3.63) is 28.3 Å². The van der Waals surface area contributed by atoms with Gasteiger partial charge in [-0.1, -0.05) is 6.92 Å². The average Bonchev–Trinajstić information content (AvgIpc) is 2.54. The smallest absolute Gasteiger partial charge is 0.223 e. The molecule has 2 atom stereocenters. The number of aryl methyl sites for hydroxylation is 1. The van der Waals surface area contributed by atoms with E-state index in [-0.39, 0.29) is 23.8 Å². The van der Waals surface area contributed by atoms with Crippen molar-refractivity contribution in [3.8, 4) is 5.75 Å². The van der Waals surface area contributed by atoms with E-state index in [0.29, 0.717) is 5.75 Å². The third-order valence-electron chi connectivity index (χ3n) is 5.14. The van der Waals surface area contributed by atoms with Crippen LogP contribution in [-0.2, 0) is 22.4 Å². The maximum absolute atomic E-state index is 12.4. The highest BCUT2D eigenvalue weighted by Crippen LogP contribution is 2.37. The first-order valence-corrected chi connectivity index (χ1v) is 8.95. The summed E-state index contributed by atoms with van der Waals surface area (Å²) in [5, 5.41) is 13.7. The molecule has 1 amide bonds. The molecule has 5 nitrogen and oxygen atoms in total. The van der Waals surface area contributed by atoms with Gasteiger partial charge in [0.25, 0.3) is 0 Å². The third kappa shape index (κ3) is 4.53. The average molecular weight is 346 g/mol. The van der Waals surface area contributed by atoms with Gasteiger partial charge in [0.2, 0.25) is 5.91 Å². The van der Waals surface area contributed by atoms with Crippen LogP contribution in [0.5, 0.6) is 5.75 Å². The highest BCUT2D eigenvalue weighted by Gasteiger charge is 2.30. The van der Waals surface area contributed by atoms with Crippen LogP contribution >= 0.6 is 0 Å². The van der Waals surface area contributed by atoms with E-state index in [0.717, 1.165) is 30.4 Å². The Labute approximate surface area is 149 Å². The van der Waals surface area contributed by atoms with Gasteiger partial charge >= 0.3 is 0 Å². The third-order valence-corrected chi connectivity index (χ3v) is 5.14. The van der Waals surface area contributed by atoms with E-state index in [4.69, 9.17) is 4.74 Å². The molecule has 0 saturated carbocycles. The van der Waals surface area contributed by atoms with Crippen molar-refractivity contribution in [1.29, 1.82) is 0 Å². The van der Waals surface area contributed by atoms with E-state index < -0.39 is 12.6 Å². The Morgan fingerprint density at radius 2 is 1.96 bits per heavy atom. The number of carboxylic acids is 1. The topological polar surface area (TPSA) is 78.5 Å². The summed E-state index contributed by atoms with van der Waals surface area (Å²) in [5.74, 6) is -0.307. The number of carbonyl (C=O) groups excluding carboxylic acids is 2. The van der Waals surface area contributed by atoms with Crippen LogP contribution in [0.25, 0.3) is 0 Å². The molecule has 1 aliphatic rings.